The normalized spacial score (nSPS) is 14.1. The molecule has 0 saturated carbocycles. The molecule has 10 unspecified atom stereocenters. The lowest BCUT2D eigenvalue weighted by Gasteiger charge is -2.25. The van der Waals surface area contributed by atoms with Gasteiger partial charge in [0, 0.05) is 57.5 Å². The number of hydrogen-bond donors (Lipinski definition) is 20. The van der Waals surface area contributed by atoms with Crippen LogP contribution in [-0.4, -0.2) is 228 Å². The Kier molecular flexibility index (Phi) is 48.7. The molecule has 0 bridgehead atoms. The van der Waals surface area contributed by atoms with Crippen molar-refractivity contribution in [2.75, 3.05) is 26.3 Å². The number of carboxylic acid groups (broad SMARTS) is 6. The zero-order valence-electron chi connectivity index (χ0n) is 56.7. The van der Waals surface area contributed by atoms with E-state index < -0.39 is 226 Å². The van der Waals surface area contributed by atoms with Gasteiger partial charge in [0.2, 0.25) is 59.1 Å². The first kappa shape index (κ1) is 90.4. The summed E-state index contributed by atoms with van der Waals surface area (Å²) in [7, 11) is 0. The second-order valence-electron chi connectivity index (χ2n) is 24.2. The molecule has 0 fully saturated rings. The van der Waals surface area contributed by atoms with Gasteiger partial charge in [0.15, 0.2) is 0 Å². The summed E-state index contributed by atoms with van der Waals surface area (Å²) in [6, 6.07) is -14.1. The lowest BCUT2D eigenvalue weighted by Crippen LogP contribution is -2.59. The smallest absolute Gasteiger partial charge is 0.326 e. The summed E-state index contributed by atoms with van der Waals surface area (Å²) >= 11 is 0. The molecule has 36 heteroatoms. The Bertz CT molecular complexity index is 2600. The van der Waals surface area contributed by atoms with Crippen LogP contribution in [0.4, 0.5) is 0 Å². The molecule has 0 aliphatic rings. The van der Waals surface area contributed by atoms with Gasteiger partial charge in [0.1, 0.15) is 42.3 Å². The molecule has 10 atom stereocenters. The van der Waals surface area contributed by atoms with Gasteiger partial charge in [-0.05, 0) is 84.1 Å². The number of nitrogens with two attached hydrogens (primary N) is 1. The number of unbranched alkanes of at least 4 members (excludes halogenated alkanes) is 14. The van der Waals surface area contributed by atoms with Crippen LogP contribution in [0.25, 0.3) is 0 Å². The molecule has 0 aliphatic heterocycles. The molecular weight excluding hydrogens is 1310 g/mol. The van der Waals surface area contributed by atoms with Gasteiger partial charge < -0.3 is 105 Å². The topological polar surface area (TPSA) is 602 Å². The van der Waals surface area contributed by atoms with Crippen molar-refractivity contribution in [1.29, 1.82) is 0 Å². The molecule has 21 N–H and O–H groups in total. The van der Waals surface area contributed by atoms with Gasteiger partial charge in [-0.1, -0.05) is 84.0 Å². The minimum Gasteiger partial charge on any atom is -0.481 e. The molecule has 564 valence electrons. The van der Waals surface area contributed by atoms with E-state index in [4.69, 9.17) is 10.8 Å². The zero-order chi connectivity index (χ0) is 74.8. The Morgan fingerprint density at radius 3 is 1.13 bits per heavy atom. The number of primary amides is 1. The predicted octanol–water partition coefficient (Wildman–Crippen LogP) is -1.59. The Labute approximate surface area is 574 Å². The first-order valence-corrected chi connectivity index (χ1v) is 33.8. The Hall–Kier alpha value is -8.64. The van der Waals surface area contributed by atoms with Gasteiger partial charge in [-0.25, -0.2) is 14.4 Å². The number of amides is 10. The zero-order valence-corrected chi connectivity index (χ0v) is 56.7. The summed E-state index contributed by atoms with van der Waals surface area (Å²) in [6.45, 7) is 1.39. The number of aliphatic hydroxyl groups is 3. The molecule has 36 nitrogen and oxygen atoms in total. The van der Waals surface area contributed by atoms with E-state index >= 15 is 0 Å². The number of rotatable bonds is 61. The van der Waals surface area contributed by atoms with Crippen LogP contribution in [-0.2, 0) is 76.7 Å². The fourth-order valence-corrected chi connectivity index (χ4v) is 9.98. The van der Waals surface area contributed by atoms with Crippen LogP contribution >= 0.6 is 0 Å². The first-order valence-electron chi connectivity index (χ1n) is 33.8. The molecule has 0 saturated heterocycles. The van der Waals surface area contributed by atoms with E-state index in [-0.39, 0.29) is 38.6 Å². The highest BCUT2D eigenvalue weighted by Gasteiger charge is 2.33. The third-order valence-corrected chi connectivity index (χ3v) is 15.6. The average molecular weight is 1420 g/mol. The summed E-state index contributed by atoms with van der Waals surface area (Å²) in [5.41, 5.74) is 5.28. The van der Waals surface area contributed by atoms with Crippen molar-refractivity contribution in [3.8, 4) is 0 Å². The van der Waals surface area contributed by atoms with Crippen molar-refractivity contribution in [1.82, 2.24) is 53.2 Å². The maximum atomic E-state index is 13.5. The number of aliphatic hydroxyl groups excluding tert-OH is 3. The number of hydrogen-bond acceptors (Lipinski definition) is 20. The highest BCUT2D eigenvalue weighted by atomic mass is 16.4. The summed E-state index contributed by atoms with van der Waals surface area (Å²) in [6.07, 6.45) is 8.12. The van der Waals surface area contributed by atoms with Gasteiger partial charge in [-0.3, -0.25) is 62.3 Å². The van der Waals surface area contributed by atoms with Gasteiger partial charge >= 0.3 is 35.8 Å². The molecule has 0 aliphatic carbocycles. The second-order valence-corrected chi connectivity index (χ2v) is 24.2. The predicted molar refractivity (Wildman–Crippen MR) is 350 cm³/mol. The highest BCUT2D eigenvalue weighted by molar-refractivity contribution is 5.96. The molecule has 0 radical (unpaired) electrons. The van der Waals surface area contributed by atoms with Gasteiger partial charge in [0.05, 0.1) is 31.8 Å². The quantitative estimate of drug-likeness (QED) is 0.0305. The SMILES string of the molecule is CCCNC(CCCCNC(=O)CCC(CC(=O)O)NC(=O)CCC(NC(=O)C(CO)NC(=O)C(CCC(=O)O)NC(=O)C(CO)NC(=O)CCC(NC(=O)CCC(NC(=O)CCCCCCCCCCCCCCCCC(=O)O)C(=O)O)C(=O)O)C(=O)O)C(=O)NC(C(N)=O)C(C)O. The number of carboxylic acids is 6. The van der Waals surface area contributed by atoms with Gasteiger partial charge in [0.25, 0.3) is 0 Å². The molecule has 0 rings (SSSR count). The van der Waals surface area contributed by atoms with Crippen LogP contribution in [0.5, 0.6) is 0 Å². The van der Waals surface area contributed by atoms with E-state index in [1.165, 1.54) is 6.92 Å². The van der Waals surface area contributed by atoms with Crippen molar-refractivity contribution >= 4 is 94.9 Å². The Balaban J connectivity index is 5.32. The molecule has 10 amide bonds. The van der Waals surface area contributed by atoms with E-state index in [9.17, 15) is 118 Å². The van der Waals surface area contributed by atoms with E-state index in [0.717, 1.165) is 77.0 Å². The maximum absolute atomic E-state index is 13.5. The lowest BCUT2D eigenvalue weighted by atomic mass is 10.0. The summed E-state index contributed by atoms with van der Waals surface area (Å²) in [5, 5.41) is 110. The molecule has 0 aromatic heterocycles. The summed E-state index contributed by atoms with van der Waals surface area (Å²) < 4.78 is 0. The summed E-state index contributed by atoms with van der Waals surface area (Å²) in [4.78, 5) is 199. The molecule has 0 spiro atoms. The number of nitrogens with one attached hydrogen (secondary N) is 10. The van der Waals surface area contributed by atoms with Crippen LogP contribution in [0.15, 0.2) is 0 Å². The van der Waals surface area contributed by atoms with Crippen LogP contribution in [0.3, 0.4) is 0 Å². The molecule has 0 aromatic rings. The van der Waals surface area contributed by atoms with Gasteiger partial charge in [-0.2, -0.15) is 0 Å². The fraction of sp³-hybridized carbons (Fsp3) is 0.746. The lowest BCUT2D eigenvalue weighted by molar-refractivity contribution is -0.143. The highest BCUT2D eigenvalue weighted by Crippen LogP contribution is 2.15. The first-order chi connectivity index (χ1) is 46.8. The maximum Gasteiger partial charge on any atom is 0.326 e. The molecular formula is C63H107N11O25. The van der Waals surface area contributed by atoms with Crippen LogP contribution in [0.1, 0.15) is 213 Å². The van der Waals surface area contributed by atoms with Gasteiger partial charge in [-0.15, -0.1) is 0 Å². The van der Waals surface area contributed by atoms with E-state index in [2.05, 4.69) is 42.5 Å². The van der Waals surface area contributed by atoms with Crippen molar-refractivity contribution < 1.29 is 123 Å². The summed E-state index contributed by atoms with van der Waals surface area (Å²) in [5.74, 6) is -17.9. The van der Waals surface area contributed by atoms with E-state index in [1.807, 2.05) is 17.6 Å². The average Bonchev–Trinajstić information content (AvgIpc) is 0.934. The minimum absolute atomic E-state index is 0.0427. The number of carbonyl (C=O) groups excluding carboxylic acids is 10. The largest absolute Gasteiger partial charge is 0.481 e. The minimum atomic E-state index is -2.00. The third-order valence-electron chi connectivity index (χ3n) is 15.6. The van der Waals surface area contributed by atoms with E-state index in [0.29, 0.717) is 38.6 Å². The standard InChI is InChI=1S/C63H107N11O25/c1-3-33-65-40(57(90)74-55(38(2)77)56(64)89)20-18-19-34-66-47(78)28-23-39(35-54(87)88)67-49(80)29-26-44(63(98)99)72-60(93)46(37-76)73-58(91)41(27-32-53(85)86)71-59(92)45(36-75)70-51(82)31-25-43(62(96)97)69-50(81)30-24-42(61(94)95)68-48(79)21-16-14-12-10-8-6-4-5-7-9-11-13-15-17-22-52(83)84/h38-46,55,65,75-77H,3-37H2,1-2H3,(H2,64,89)(H,66,78)(H,67,80)(H,68,79)(H,69,81)(H,70,82)(H,71,92)(H,72,93)(H,73,91)(H,74,90)(H,83,84)(H,85,86)(H,87,88)(H,94,95)(H,96,97)(H,98,99). The Morgan fingerprint density at radius 1 is 0.343 bits per heavy atom. The number of carbonyl (C=O) groups is 16. The second kappa shape index (κ2) is 53.3. The van der Waals surface area contributed by atoms with Crippen molar-refractivity contribution in [3.05, 3.63) is 0 Å². The van der Waals surface area contributed by atoms with Crippen LogP contribution in [0.2, 0.25) is 0 Å². The van der Waals surface area contributed by atoms with E-state index in [1.54, 1.807) is 0 Å². The third kappa shape index (κ3) is 44.8. The molecule has 0 heterocycles. The van der Waals surface area contributed by atoms with Crippen LogP contribution < -0.4 is 58.9 Å². The molecule has 99 heavy (non-hydrogen) atoms. The molecule has 0 aromatic carbocycles. The van der Waals surface area contributed by atoms with Crippen molar-refractivity contribution in [2.24, 2.45) is 5.73 Å². The van der Waals surface area contributed by atoms with Crippen molar-refractivity contribution in [2.45, 2.75) is 273 Å². The Morgan fingerprint density at radius 2 is 0.707 bits per heavy atom. The van der Waals surface area contributed by atoms with Crippen molar-refractivity contribution in [3.63, 3.8) is 0 Å². The monoisotopic (exact) mass is 1420 g/mol. The fourth-order valence-electron chi connectivity index (χ4n) is 9.98. The van der Waals surface area contributed by atoms with Crippen LogP contribution in [0, 0.1) is 0 Å². The number of aliphatic carboxylic acids is 6.